The first-order valence-corrected chi connectivity index (χ1v) is 7.23. The van der Waals surface area contributed by atoms with Crippen molar-refractivity contribution in [3.63, 3.8) is 0 Å². The van der Waals surface area contributed by atoms with E-state index in [2.05, 4.69) is 36.3 Å². The molecule has 1 aromatic rings. The second-order valence-electron chi connectivity index (χ2n) is 5.41. The Hall–Kier alpha value is -1.35. The van der Waals surface area contributed by atoms with Gasteiger partial charge in [-0.2, -0.15) is 5.10 Å². The summed E-state index contributed by atoms with van der Waals surface area (Å²) in [5.74, 6) is 0. The Labute approximate surface area is 116 Å². The lowest BCUT2D eigenvalue weighted by Gasteiger charge is -2.27. The minimum atomic E-state index is 0.722. The van der Waals surface area contributed by atoms with Gasteiger partial charge in [0.05, 0.1) is 12.2 Å². The van der Waals surface area contributed by atoms with E-state index in [1.165, 1.54) is 31.2 Å². The van der Waals surface area contributed by atoms with Crippen LogP contribution in [0.3, 0.4) is 0 Å². The van der Waals surface area contributed by atoms with Crippen LogP contribution in [-0.2, 0) is 13.1 Å². The fraction of sp³-hybridized carbons (Fsp3) is 0.562. The Morgan fingerprint density at radius 3 is 2.74 bits per heavy atom. The monoisotopic (exact) mass is 259 g/mol. The molecule has 0 amide bonds. The fourth-order valence-corrected chi connectivity index (χ4v) is 2.94. The van der Waals surface area contributed by atoms with Crippen molar-refractivity contribution >= 4 is 0 Å². The predicted molar refractivity (Wildman–Crippen MR) is 80.0 cm³/mol. The Bertz CT molecular complexity index is 427. The average molecular weight is 259 g/mol. The minimum absolute atomic E-state index is 0.722. The molecule has 1 saturated carbocycles. The molecular formula is C16H25N3. The summed E-state index contributed by atoms with van der Waals surface area (Å²) in [7, 11) is 0. The van der Waals surface area contributed by atoms with Crippen molar-refractivity contribution in [3.05, 3.63) is 42.8 Å². The van der Waals surface area contributed by atoms with Crippen LogP contribution in [-0.4, -0.2) is 27.3 Å². The molecule has 1 aromatic heterocycles. The maximum Gasteiger partial charge on any atom is 0.0638 e. The van der Waals surface area contributed by atoms with Crippen LogP contribution in [0.2, 0.25) is 0 Å². The van der Waals surface area contributed by atoms with Crippen molar-refractivity contribution in [1.82, 2.24) is 14.7 Å². The second-order valence-corrected chi connectivity index (χ2v) is 5.41. The molecule has 3 heteroatoms. The first kappa shape index (κ1) is 14.1. The Kier molecular flexibility index (Phi) is 4.97. The van der Waals surface area contributed by atoms with E-state index in [-0.39, 0.29) is 0 Å². The topological polar surface area (TPSA) is 21.1 Å². The molecule has 2 rings (SSSR count). The number of allylic oxidation sites excluding steroid dienone is 1. The van der Waals surface area contributed by atoms with E-state index in [0.29, 0.717) is 0 Å². The van der Waals surface area contributed by atoms with Gasteiger partial charge in [0.15, 0.2) is 0 Å². The normalized spacial score (nSPS) is 16.1. The fourth-order valence-electron chi connectivity index (χ4n) is 2.94. The largest absolute Gasteiger partial charge is 0.292 e. The molecule has 0 saturated heterocycles. The maximum atomic E-state index is 4.53. The van der Waals surface area contributed by atoms with Crippen LogP contribution in [0.25, 0.3) is 0 Å². The highest BCUT2D eigenvalue weighted by molar-refractivity contribution is 5.16. The average Bonchev–Trinajstić information content (AvgIpc) is 3.00. The van der Waals surface area contributed by atoms with Crippen molar-refractivity contribution in [2.24, 2.45) is 0 Å². The molecule has 0 bridgehead atoms. The van der Waals surface area contributed by atoms with Gasteiger partial charge in [-0.05, 0) is 19.8 Å². The third-order valence-electron chi connectivity index (χ3n) is 3.94. The molecule has 0 aliphatic heterocycles. The molecule has 3 nitrogen and oxygen atoms in total. The van der Waals surface area contributed by atoms with Gasteiger partial charge in [0.2, 0.25) is 0 Å². The summed E-state index contributed by atoms with van der Waals surface area (Å²) in [6.45, 7) is 12.5. The molecule has 0 N–H and O–H groups in total. The zero-order valence-electron chi connectivity index (χ0n) is 12.0. The third-order valence-corrected chi connectivity index (χ3v) is 3.94. The van der Waals surface area contributed by atoms with Gasteiger partial charge >= 0.3 is 0 Å². The van der Waals surface area contributed by atoms with E-state index >= 15 is 0 Å². The summed E-state index contributed by atoms with van der Waals surface area (Å²) in [6, 6.07) is 0.722. The van der Waals surface area contributed by atoms with Crippen molar-refractivity contribution in [2.45, 2.75) is 51.7 Å². The standard InChI is InChI=1S/C16H25N3/c1-4-10-18(16-8-6-7-9-16)12-15-13-19(11-5-2)17-14(15)3/h4-5,13,16H,1-2,6-12H2,3H3. The highest BCUT2D eigenvalue weighted by Gasteiger charge is 2.22. The Morgan fingerprint density at radius 2 is 2.11 bits per heavy atom. The van der Waals surface area contributed by atoms with Gasteiger partial charge in [0, 0.05) is 30.9 Å². The lowest BCUT2D eigenvalue weighted by molar-refractivity contribution is 0.211. The van der Waals surface area contributed by atoms with Gasteiger partial charge in [0.1, 0.15) is 0 Å². The molecule has 0 aromatic carbocycles. The first-order valence-electron chi connectivity index (χ1n) is 7.23. The zero-order valence-corrected chi connectivity index (χ0v) is 12.0. The van der Waals surface area contributed by atoms with E-state index in [0.717, 1.165) is 31.4 Å². The van der Waals surface area contributed by atoms with E-state index < -0.39 is 0 Å². The summed E-state index contributed by atoms with van der Waals surface area (Å²) in [4.78, 5) is 2.54. The highest BCUT2D eigenvalue weighted by Crippen LogP contribution is 2.25. The van der Waals surface area contributed by atoms with Gasteiger partial charge in [-0.15, -0.1) is 13.2 Å². The lowest BCUT2D eigenvalue weighted by atomic mass is 10.1. The summed E-state index contributed by atoms with van der Waals surface area (Å²) in [5.41, 5.74) is 2.46. The van der Waals surface area contributed by atoms with Gasteiger partial charge in [-0.1, -0.05) is 25.0 Å². The van der Waals surface area contributed by atoms with E-state index in [1.54, 1.807) is 0 Å². The minimum Gasteiger partial charge on any atom is -0.292 e. The van der Waals surface area contributed by atoms with E-state index in [1.807, 2.05) is 16.8 Å². The van der Waals surface area contributed by atoms with Crippen molar-refractivity contribution in [2.75, 3.05) is 6.54 Å². The van der Waals surface area contributed by atoms with Gasteiger partial charge < -0.3 is 0 Å². The van der Waals surface area contributed by atoms with Crippen molar-refractivity contribution < 1.29 is 0 Å². The number of aromatic nitrogens is 2. The zero-order chi connectivity index (χ0) is 13.7. The van der Waals surface area contributed by atoms with Crippen LogP contribution in [0.4, 0.5) is 0 Å². The SMILES string of the molecule is C=CCN(Cc1cn(CC=C)nc1C)C1CCCC1. The lowest BCUT2D eigenvalue weighted by Crippen LogP contribution is -2.32. The van der Waals surface area contributed by atoms with Gasteiger partial charge in [-0.3, -0.25) is 9.58 Å². The summed E-state index contributed by atoms with van der Waals surface area (Å²) in [5, 5.41) is 4.53. The molecule has 19 heavy (non-hydrogen) atoms. The van der Waals surface area contributed by atoms with Crippen LogP contribution < -0.4 is 0 Å². The van der Waals surface area contributed by atoms with Crippen LogP contribution in [0, 0.1) is 6.92 Å². The molecule has 1 heterocycles. The molecule has 0 unspecified atom stereocenters. The van der Waals surface area contributed by atoms with Crippen molar-refractivity contribution in [1.29, 1.82) is 0 Å². The summed E-state index contributed by atoms with van der Waals surface area (Å²) < 4.78 is 1.97. The van der Waals surface area contributed by atoms with E-state index in [9.17, 15) is 0 Å². The third kappa shape index (κ3) is 3.57. The maximum absolute atomic E-state index is 4.53. The molecule has 1 fully saturated rings. The molecule has 0 radical (unpaired) electrons. The molecule has 0 spiro atoms. The first-order chi connectivity index (χ1) is 9.24. The molecule has 1 aliphatic carbocycles. The van der Waals surface area contributed by atoms with Crippen LogP contribution in [0.15, 0.2) is 31.5 Å². The second kappa shape index (κ2) is 6.71. The molecule has 0 atom stereocenters. The number of rotatable bonds is 7. The van der Waals surface area contributed by atoms with Crippen molar-refractivity contribution in [3.8, 4) is 0 Å². The van der Waals surface area contributed by atoms with Crippen LogP contribution >= 0.6 is 0 Å². The number of nitrogens with zero attached hydrogens (tertiary/aromatic N) is 3. The van der Waals surface area contributed by atoms with E-state index in [4.69, 9.17) is 0 Å². The summed E-state index contributed by atoms with van der Waals surface area (Å²) >= 11 is 0. The smallest absolute Gasteiger partial charge is 0.0638 e. The molecule has 104 valence electrons. The molecule has 1 aliphatic rings. The number of aryl methyl sites for hydroxylation is 1. The number of hydrogen-bond donors (Lipinski definition) is 0. The van der Waals surface area contributed by atoms with Gasteiger partial charge in [0.25, 0.3) is 0 Å². The van der Waals surface area contributed by atoms with Crippen LogP contribution in [0.1, 0.15) is 36.9 Å². The van der Waals surface area contributed by atoms with Gasteiger partial charge in [-0.25, -0.2) is 0 Å². The Balaban J connectivity index is 2.06. The Morgan fingerprint density at radius 1 is 1.37 bits per heavy atom. The van der Waals surface area contributed by atoms with Crippen LogP contribution in [0.5, 0.6) is 0 Å². The quantitative estimate of drug-likeness (QED) is 0.700. The summed E-state index contributed by atoms with van der Waals surface area (Å²) in [6.07, 6.45) is 11.4. The predicted octanol–water partition coefficient (Wildman–Crippen LogP) is 3.31. The number of hydrogen-bond acceptors (Lipinski definition) is 2. The molecular weight excluding hydrogens is 234 g/mol. The highest BCUT2D eigenvalue weighted by atomic mass is 15.3.